The lowest BCUT2D eigenvalue weighted by Gasteiger charge is -2.01. The van der Waals surface area contributed by atoms with E-state index in [9.17, 15) is 0 Å². The van der Waals surface area contributed by atoms with E-state index in [4.69, 9.17) is 5.26 Å². The molecule has 2 aromatic carbocycles. The Morgan fingerprint density at radius 2 is 1.91 bits per heavy atom. The molecular formula is C17H14N4S. The van der Waals surface area contributed by atoms with Crippen LogP contribution in [0.15, 0.2) is 53.7 Å². The first-order chi connectivity index (χ1) is 10.8. The van der Waals surface area contributed by atoms with E-state index in [-0.39, 0.29) is 0 Å². The van der Waals surface area contributed by atoms with Gasteiger partial charge in [0.1, 0.15) is 0 Å². The molecule has 0 spiro atoms. The van der Waals surface area contributed by atoms with Crippen LogP contribution in [0, 0.1) is 18.3 Å². The number of nitrogens with one attached hydrogen (secondary N) is 1. The van der Waals surface area contributed by atoms with Gasteiger partial charge in [0.15, 0.2) is 5.82 Å². The first-order valence-corrected chi connectivity index (χ1v) is 7.85. The van der Waals surface area contributed by atoms with Crippen molar-refractivity contribution in [1.82, 2.24) is 15.2 Å². The number of hydrogen-bond acceptors (Lipinski definition) is 4. The zero-order valence-electron chi connectivity index (χ0n) is 12.1. The van der Waals surface area contributed by atoms with Crippen LogP contribution in [0.25, 0.3) is 11.4 Å². The maximum Gasteiger partial charge on any atom is 0.209 e. The Balaban J connectivity index is 1.76. The number of hydrogen-bond donors (Lipinski definition) is 1. The van der Waals surface area contributed by atoms with Gasteiger partial charge in [0.2, 0.25) is 5.16 Å². The third-order valence-electron chi connectivity index (χ3n) is 3.36. The van der Waals surface area contributed by atoms with Crippen molar-refractivity contribution < 1.29 is 0 Å². The average molecular weight is 306 g/mol. The SMILES string of the molecule is Cc1ccccc1-c1nc(SCc2ccccc2C#N)n[nH]1. The minimum atomic E-state index is 0.675. The summed E-state index contributed by atoms with van der Waals surface area (Å²) < 4.78 is 0. The van der Waals surface area contributed by atoms with E-state index in [0.717, 1.165) is 22.5 Å². The summed E-state index contributed by atoms with van der Waals surface area (Å²) >= 11 is 1.52. The summed E-state index contributed by atoms with van der Waals surface area (Å²) in [6.45, 7) is 2.05. The van der Waals surface area contributed by atoms with Crippen LogP contribution < -0.4 is 0 Å². The summed E-state index contributed by atoms with van der Waals surface area (Å²) in [5.74, 6) is 1.45. The zero-order valence-corrected chi connectivity index (χ0v) is 12.9. The predicted octanol–water partition coefficient (Wildman–Crippen LogP) is 3.94. The number of H-pyrrole nitrogens is 1. The quantitative estimate of drug-likeness (QED) is 0.741. The van der Waals surface area contributed by atoms with Gasteiger partial charge in [0, 0.05) is 11.3 Å². The molecule has 0 saturated carbocycles. The number of rotatable bonds is 4. The van der Waals surface area contributed by atoms with Gasteiger partial charge in [-0.2, -0.15) is 5.26 Å². The van der Waals surface area contributed by atoms with Crippen molar-refractivity contribution in [2.24, 2.45) is 0 Å². The van der Waals surface area contributed by atoms with Crippen molar-refractivity contribution in [3.63, 3.8) is 0 Å². The number of benzene rings is 2. The highest BCUT2D eigenvalue weighted by atomic mass is 32.2. The standard InChI is InChI=1S/C17H14N4S/c1-12-6-2-5-9-15(12)16-19-17(21-20-16)22-11-14-8-4-3-7-13(14)10-18/h2-9H,11H2,1H3,(H,19,20,21). The van der Waals surface area contributed by atoms with Crippen molar-refractivity contribution in [3.8, 4) is 17.5 Å². The lowest BCUT2D eigenvalue weighted by molar-refractivity contribution is 0.973. The van der Waals surface area contributed by atoms with Gasteiger partial charge in [0.05, 0.1) is 11.6 Å². The molecule has 0 atom stereocenters. The summed E-state index contributed by atoms with van der Waals surface area (Å²) in [5, 5.41) is 17.0. The molecule has 3 aromatic rings. The molecule has 0 amide bonds. The lowest BCUT2D eigenvalue weighted by Crippen LogP contribution is -1.87. The summed E-state index contributed by atoms with van der Waals surface area (Å²) in [6, 6.07) is 17.9. The molecule has 0 saturated heterocycles. The Labute approximate surface area is 133 Å². The molecule has 5 heteroatoms. The van der Waals surface area contributed by atoms with Crippen molar-refractivity contribution in [1.29, 1.82) is 5.26 Å². The highest BCUT2D eigenvalue weighted by Gasteiger charge is 2.09. The second-order valence-corrected chi connectivity index (χ2v) is 5.78. The zero-order chi connectivity index (χ0) is 15.4. The Morgan fingerprint density at radius 1 is 1.14 bits per heavy atom. The summed E-state index contributed by atoms with van der Waals surface area (Å²) in [7, 11) is 0. The van der Waals surface area contributed by atoms with Crippen molar-refractivity contribution >= 4 is 11.8 Å². The van der Waals surface area contributed by atoms with E-state index in [1.54, 1.807) is 0 Å². The van der Waals surface area contributed by atoms with Crippen molar-refractivity contribution in [3.05, 3.63) is 65.2 Å². The summed E-state index contributed by atoms with van der Waals surface area (Å²) in [4.78, 5) is 4.53. The van der Waals surface area contributed by atoms with Gasteiger partial charge in [-0.1, -0.05) is 54.2 Å². The Kier molecular flexibility index (Phi) is 4.22. The van der Waals surface area contributed by atoms with Crippen LogP contribution in [0.1, 0.15) is 16.7 Å². The largest absolute Gasteiger partial charge is 0.258 e. The molecule has 0 aliphatic rings. The number of aryl methyl sites for hydroxylation is 1. The van der Waals surface area contributed by atoms with Gasteiger partial charge in [0.25, 0.3) is 0 Å². The first kappa shape index (κ1) is 14.4. The van der Waals surface area contributed by atoms with Crippen LogP contribution in [0.2, 0.25) is 0 Å². The molecule has 1 heterocycles. The smallest absolute Gasteiger partial charge is 0.209 e. The van der Waals surface area contributed by atoms with Crippen molar-refractivity contribution in [2.75, 3.05) is 0 Å². The van der Waals surface area contributed by atoms with Gasteiger partial charge in [-0.15, -0.1) is 5.10 Å². The maximum absolute atomic E-state index is 9.10. The minimum Gasteiger partial charge on any atom is -0.258 e. The maximum atomic E-state index is 9.10. The number of aromatic amines is 1. The fourth-order valence-electron chi connectivity index (χ4n) is 2.17. The van der Waals surface area contributed by atoms with Gasteiger partial charge in [-0.3, -0.25) is 5.10 Å². The Hall–Kier alpha value is -2.58. The highest BCUT2D eigenvalue weighted by Crippen LogP contribution is 2.25. The molecule has 0 aliphatic heterocycles. The van der Waals surface area contributed by atoms with Gasteiger partial charge >= 0.3 is 0 Å². The third-order valence-corrected chi connectivity index (χ3v) is 4.26. The fraction of sp³-hybridized carbons (Fsp3) is 0.118. The van der Waals surface area contributed by atoms with Gasteiger partial charge in [-0.25, -0.2) is 4.98 Å². The van der Waals surface area contributed by atoms with E-state index >= 15 is 0 Å². The topological polar surface area (TPSA) is 65.4 Å². The minimum absolute atomic E-state index is 0.675. The van der Waals surface area contributed by atoms with Crippen molar-refractivity contribution in [2.45, 2.75) is 17.8 Å². The second-order valence-electron chi connectivity index (χ2n) is 4.84. The van der Waals surface area contributed by atoms with Crippen LogP contribution in [-0.4, -0.2) is 15.2 Å². The Morgan fingerprint density at radius 3 is 2.73 bits per heavy atom. The molecular weight excluding hydrogens is 292 g/mol. The molecule has 0 bridgehead atoms. The van der Waals surface area contributed by atoms with Crippen LogP contribution in [0.5, 0.6) is 0 Å². The first-order valence-electron chi connectivity index (χ1n) is 6.87. The molecule has 4 nitrogen and oxygen atoms in total. The highest BCUT2D eigenvalue weighted by molar-refractivity contribution is 7.98. The van der Waals surface area contributed by atoms with E-state index in [1.165, 1.54) is 11.8 Å². The van der Waals surface area contributed by atoms with E-state index in [1.807, 2.05) is 55.5 Å². The Bertz CT molecular complexity index is 832. The molecule has 108 valence electrons. The number of nitrogens with zero attached hydrogens (tertiary/aromatic N) is 3. The molecule has 1 aromatic heterocycles. The molecule has 0 radical (unpaired) electrons. The average Bonchev–Trinajstić information content (AvgIpc) is 3.02. The normalized spacial score (nSPS) is 10.4. The predicted molar refractivity (Wildman–Crippen MR) is 87.3 cm³/mol. The molecule has 0 aliphatic carbocycles. The fourth-order valence-corrected chi connectivity index (χ4v) is 2.97. The van der Waals surface area contributed by atoms with E-state index in [2.05, 4.69) is 21.3 Å². The van der Waals surface area contributed by atoms with Gasteiger partial charge in [-0.05, 0) is 24.1 Å². The summed E-state index contributed by atoms with van der Waals surface area (Å²) in [5.41, 5.74) is 3.91. The lowest BCUT2D eigenvalue weighted by atomic mass is 10.1. The summed E-state index contributed by atoms with van der Waals surface area (Å²) in [6.07, 6.45) is 0. The van der Waals surface area contributed by atoms with E-state index in [0.29, 0.717) is 16.5 Å². The third kappa shape index (κ3) is 3.02. The monoisotopic (exact) mass is 306 g/mol. The van der Waals surface area contributed by atoms with Crippen LogP contribution >= 0.6 is 11.8 Å². The number of thioether (sulfide) groups is 1. The number of nitriles is 1. The number of aromatic nitrogens is 3. The molecule has 1 N–H and O–H groups in total. The molecule has 0 fully saturated rings. The molecule has 22 heavy (non-hydrogen) atoms. The molecule has 0 unspecified atom stereocenters. The van der Waals surface area contributed by atoms with Crippen LogP contribution in [-0.2, 0) is 5.75 Å². The second kappa shape index (κ2) is 6.46. The van der Waals surface area contributed by atoms with Gasteiger partial charge < -0.3 is 0 Å². The van der Waals surface area contributed by atoms with E-state index < -0.39 is 0 Å². The molecule has 3 rings (SSSR count). The van der Waals surface area contributed by atoms with Crippen LogP contribution in [0.3, 0.4) is 0 Å². The van der Waals surface area contributed by atoms with Crippen LogP contribution in [0.4, 0.5) is 0 Å².